The van der Waals surface area contributed by atoms with Gasteiger partial charge in [-0.25, -0.2) is 0 Å². The number of para-hydroxylation sites is 1. The molecule has 0 aliphatic carbocycles. The Morgan fingerprint density at radius 1 is 1.17 bits per heavy atom. The molecule has 0 radical (unpaired) electrons. The third kappa shape index (κ3) is 1.94. The quantitative estimate of drug-likeness (QED) is 0.709. The number of carbonyl (C=O) groups excluding carboxylic acids is 1. The van der Waals surface area contributed by atoms with Crippen LogP contribution in [0.25, 0.3) is 0 Å². The van der Waals surface area contributed by atoms with Gasteiger partial charge in [0.05, 0.1) is 5.56 Å². The van der Waals surface area contributed by atoms with Gasteiger partial charge in [0, 0.05) is 13.1 Å². The van der Waals surface area contributed by atoms with Crippen LogP contribution in [0.2, 0.25) is 0 Å². The van der Waals surface area contributed by atoms with Crippen LogP contribution in [0, 0.1) is 0 Å². The van der Waals surface area contributed by atoms with Crippen LogP contribution in [0.5, 0.6) is 11.5 Å². The predicted molar refractivity (Wildman–Crippen MR) is 67.1 cm³/mol. The molecule has 0 aromatic heterocycles. The van der Waals surface area contributed by atoms with E-state index in [0.717, 1.165) is 13.0 Å². The largest absolute Gasteiger partial charge is 0.486 e. The summed E-state index contributed by atoms with van der Waals surface area (Å²) in [4.78, 5) is 14.3. The van der Waals surface area contributed by atoms with Crippen LogP contribution in [0.4, 0.5) is 0 Å². The van der Waals surface area contributed by atoms with E-state index in [4.69, 9.17) is 9.47 Å². The first kappa shape index (κ1) is 11.1. The Labute approximate surface area is 106 Å². The van der Waals surface area contributed by atoms with Gasteiger partial charge >= 0.3 is 0 Å². The van der Waals surface area contributed by atoms with Crippen LogP contribution in [-0.2, 0) is 0 Å². The average molecular weight is 245 g/mol. The summed E-state index contributed by atoms with van der Waals surface area (Å²) in [6.45, 7) is 2.47. The lowest BCUT2D eigenvalue weighted by molar-refractivity contribution is 0.0760. The molecular weight excluding hydrogens is 230 g/mol. The molecule has 2 aliphatic rings. The molecule has 0 saturated heterocycles. The fourth-order valence-corrected chi connectivity index (χ4v) is 2.24. The Hall–Kier alpha value is -1.97. The second-order valence-corrected chi connectivity index (χ2v) is 4.34. The molecule has 18 heavy (non-hydrogen) atoms. The summed E-state index contributed by atoms with van der Waals surface area (Å²) >= 11 is 0. The lowest BCUT2D eigenvalue weighted by atomic mass is 10.1. The molecular formula is C14H15NO3. The zero-order chi connectivity index (χ0) is 12.4. The Balaban J connectivity index is 1.91. The van der Waals surface area contributed by atoms with Crippen LogP contribution < -0.4 is 9.47 Å². The van der Waals surface area contributed by atoms with E-state index < -0.39 is 0 Å². The standard InChI is InChI=1S/C14H15NO3/c16-14(15-7-2-1-3-8-15)11-5-4-6-12-13(11)18-10-9-17-12/h1-2,4-6H,3,7-10H2. The number of nitrogens with zero attached hydrogens (tertiary/aromatic N) is 1. The number of fused-ring (bicyclic) bond motifs is 1. The van der Waals surface area contributed by atoms with Crippen molar-refractivity contribution in [2.24, 2.45) is 0 Å². The maximum absolute atomic E-state index is 12.4. The van der Waals surface area contributed by atoms with Crippen LogP contribution in [-0.4, -0.2) is 37.1 Å². The van der Waals surface area contributed by atoms with Crippen LogP contribution >= 0.6 is 0 Å². The monoisotopic (exact) mass is 245 g/mol. The van der Waals surface area contributed by atoms with Gasteiger partial charge < -0.3 is 14.4 Å². The molecule has 4 nitrogen and oxygen atoms in total. The van der Waals surface area contributed by atoms with E-state index in [1.807, 2.05) is 23.1 Å². The number of benzene rings is 1. The Bertz CT molecular complexity index is 496. The summed E-state index contributed by atoms with van der Waals surface area (Å²) in [7, 11) is 0. The lowest BCUT2D eigenvalue weighted by Gasteiger charge is -2.26. The molecule has 0 spiro atoms. The van der Waals surface area contributed by atoms with E-state index >= 15 is 0 Å². The van der Waals surface area contributed by atoms with Crippen molar-refractivity contribution in [1.29, 1.82) is 0 Å². The van der Waals surface area contributed by atoms with Gasteiger partial charge in [-0.3, -0.25) is 4.79 Å². The first-order valence-corrected chi connectivity index (χ1v) is 6.19. The average Bonchev–Trinajstić information content (AvgIpc) is 2.47. The molecule has 0 bridgehead atoms. The van der Waals surface area contributed by atoms with Crippen molar-refractivity contribution in [3.63, 3.8) is 0 Å². The fraction of sp³-hybridized carbons (Fsp3) is 0.357. The smallest absolute Gasteiger partial charge is 0.258 e. The molecule has 1 amide bonds. The highest BCUT2D eigenvalue weighted by atomic mass is 16.6. The van der Waals surface area contributed by atoms with Crippen LogP contribution in [0.15, 0.2) is 30.4 Å². The van der Waals surface area contributed by atoms with E-state index in [0.29, 0.717) is 36.8 Å². The third-order valence-electron chi connectivity index (χ3n) is 3.14. The van der Waals surface area contributed by atoms with E-state index in [9.17, 15) is 4.79 Å². The second kappa shape index (κ2) is 4.72. The van der Waals surface area contributed by atoms with Gasteiger partial charge in [-0.15, -0.1) is 0 Å². The van der Waals surface area contributed by atoms with Gasteiger partial charge in [0.2, 0.25) is 0 Å². The summed E-state index contributed by atoms with van der Waals surface area (Å²) in [6, 6.07) is 5.47. The lowest BCUT2D eigenvalue weighted by Crippen LogP contribution is -2.34. The van der Waals surface area contributed by atoms with Crippen LogP contribution in [0.1, 0.15) is 16.8 Å². The van der Waals surface area contributed by atoms with Gasteiger partial charge in [-0.2, -0.15) is 0 Å². The predicted octanol–water partition coefficient (Wildman–Crippen LogP) is 1.86. The normalized spacial score (nSPS) is 17.7. The molecule has 0 N–H and O–H groups in total. The van der Waals surface area contributed by atoms with Crippen molar-refractivity contribution in [2.75, 3.05) is 26.3 Å². The maximum Gasteiger partial charge on any atom is 0.258 e. The summed E-state index contributed by atoms with van der Waals surface area (Å²) in [6.07, 6.45) is 5.04. The van der Waals surface area contributed by atoms with E-state index in [1.54, 1.807) is 6.07 Å². The fourth-order valence-electron chi connectivity index (χ4n) is 2.24. The van der Waals surface area contributed by atoms with Gasteiger partial charge in [0.1, 0.15) is 13.2 Å². The zero-order valence-electron chi connectivity index (χ0n) is 10.1. The van der Waals surface area contributed by atoms with Gasteiger partial charge in [0.15, 0.2) is 11.5 Å². The zero-order valence-corrected chi connectivity index (χ0v) is 10.1. The van der Waals surface area contributed by atoms with Gasteiger partial charge in [-0.1, -0.05) is 18.2 Å². The first-order chi connectivity index (χ1) is 8.86. The number of carbonyl (C=O) groups is 1. The molecule has 94 valence electrons. The Morgan fingerprint density at radius 3 is 2.89 bits per heavy atom. The van der Waals surface area contributed by atoms with Crippen molar-refractivity contribution in [1.82, 2.24) is 4.90 Å². The molecule has 0 fully saturated rings. The molecule has 1 aromatic carbocycles. The molecule has 0 saturated carbocycles. The highest BCUT2D eigenvalue weighted by Crippen LogP contribution is 2.34. The highest BCUT2D eigenvalue weighted by Gasteiger charge is 2.24. The molecule has 2 aliphatic heterocycles. The van der Waals surface area contributed by atoms with Crippen molar-refractivity contribution in [3.05, 3.63) is 35.9 Å². The molecule has 0 unspecified atom stereocenters. The number of hydrogen-bond acceptors (Lipinski definition) is 3. The van der Waals surface area contributed by atoms with Gasteiger partial charge in [-0.05, 0) is 18.6 Å². The SMILES string of the molecule is O=C(c1cccc2c1OCCO2)N1CC=CCC1. The number of ether oxygens (including phenoxy) is 2. The molecule has 0 atom stereocenters. The van der Waals surface area contributed by atoms with Crippen molar-refractivity contribution in [3.8, 4) is 11.5 Å². The Kier molecular flexibility index (Phi) is 2.92. The minimum atomic E-state index is 0.0155. The van der Waals surface area contributed by atoms with Crippen molar-refractivity contribution >= 4 is 5.91 Å². The Morgan fingerprint density at radius 2 is 2.06 bits per heavy atom. The summed E-state index contributed by atoms with van der Waals surface area (Å²) in [5.41, 5.74) is 0.600. The summed E-state index contributed by atoms with van der Waals surface area (Å²) in [5, 5.41) is 0. The molecule has 2 heterocycles. The van der Waals surface area contributed by atoms with Crippen LogP contribution in [0.3, 0.4) is 0 Å². The van der Waals surface area contributed by atoms with Crippen molar-refractivity contribution in [2.45, 2.75) is 6.42 Å². The van der Waals surface area contributed by atoms with E-state index in [1.165, 1.54) is 0 Å². The summed E-state index contributed by atoms with van der Waals surface area (Å²) < 4.78 is 11.1. The highest BCUT2D eigenvalue weighted by molar-refractivity contribution is 5.98. The molecule has 4 heteroatoms. The minimum absolute atomic E-state index is 0.0155. The minimum Gasteiger partial charge on any atom is -0.486 e. The van der Waals surface area contributed by atoms with Gasteiger partial charge in [0.25, 0.3) is 5.91 Å². The maximum atomic E-state index is 12.4. The number of amides is 1. The number of rotatable bonds is 1. The topological polar surface area (TPSA) is 38.8 Å². The molecule has 1 aromatic rings. The van der Waals surface area contributed by atoms with E-state index in [2.05, 4.69) is 6.08 Å². The van der Waals surface area contributed by atoms with E-state index in [-0.39, 0.29) is 5.91 Å². The third-order valence-corrected chi connectivity index (χ3v) is 3.14. The number of hydrogen-bond donors (Lipinski definition) is 0. The van der Waals surface area contributed by atoms with Crippen molar-refractivity contribution < 1.29 is 14.3 Å². The first-order valence-electron chi connectivity index (χ1n) is 6.19. The second-order valence-electron chi connectivity index (χ2n) is 4.34. The summed E-state index contributed by atoms with van der Waals surface area (Å²) in [5.74, 6) is 1.27. The molecule has 3 rings (SSSR count).